The van der Waals surface area contributed by atoms with Gasteiger partial charge >= 0.3 is 0 Å². The highest BCUT2D eigenvalue weighted by Crippen LogP contribution is 2.31. The Bertz CT molecular complexity index is 441. The van der Waals surface area contributed by atoms with Crippen LogP contribution < -0.4 is 0 Å². The van der Waals surface area contributed by atoms with Crippen LogP contribution in [0.3, 0.4) is 0 Å². The van der Waals surface area contributed by atoms with E-state index in [1.54, 1.807) is 0 Å². The molecule has 0 amide bonds. The van der Waals surface area contributed by atoms with Crippen molar-refractivity contribution in [2.24, 2.45) is 0 Å². The summed E-state index contributed by atoms with van der Waals surface area (Å²) in [6, 6.07) is 4.15. The third-order valence-electron chi connectivity index (χ3n) is 3.40. The predicted molar refractivity (Wildman–Crippen MR) is 80.7 cm³/mol. The highest BCUT2D eigenvalue weighted by Gasteiger charge is 2.27. The van der Waals surface area contributed by atoms with Crippen molar-refractivity contribution in [2.45, 2.75) is 71.6 Å². The Kier molecular flexibility index (Phi) is 3.96. The molecule has 0 unspecified atom stereocenters. The van der Waals surface area contributed by atoms with Crippen molar-refractivity contribution in [3.63, 3.8) is 0 Å². The van der Waals surface area contributed by atoms with E-state index in [4.69, 9.17) is 4.98 Å². The highest BCUT2D eigenvalue weighted by atomic mass is 16.1. The second kappa shape index (κ2) is 4.73. The minimum absolute atomic E-state index is 0.0189. The smallest absolute Gasteiger partial charge is 0.129 e. The van der Waals surface area contributed by atoms with E-state index >= 15 is 0 Å². The Morgan fingerprint density at radius 2 is 1.21 bits per heavy atom. The molecule has 0 fully saturated rings. The SMILES string of the molecule is CC(C)(C)c1cc(C(C)(C)C=O)cc(C(C)(C)C)n1. The van der Waals surface area contributed by atoms with E-state index in [-0.39, 0.29) is 10.8 Å². The molecule has 1 rings (SSSR count). The number of nitrogens with zero attached hydrogens (tertiary/aromatic N) is 1. The number of aldehydes is 1. The van der Waals surface area contributed by atoms with Crippen LogP contribution in [0.15, 0.2) is 12.1 Å². The maximum absolute atomic E-state index is 11.3. The minimum Gasteiger partial charge on any atom is -0.302 e. The number of carbonyl (C=O) groups is 1. The zero-order valence-electron chi connectivity index (χ0n) is 13.6. The van der Waals surface area contributed by atoms with Crippen molar-refractivity contribution < 1.29 is 4.79 Å². The minimum atomic E-state index is -0.469. The quantitative estimate of drug-likeness (QED) is 0.748. The monoisotopic (exact) mass is 261 g/mol. The lowest BCUT2D eigenvalue weighted by molar-refractivity contribution is -0.111. The molecule has 0 aromatic carbocycles. The Labute approximate surface area is 117 Å². The topological polar surface area (TPSA) is 30.0 Å². The van der Waals surface area contributed by atoms with Crippen molar-refractivity contribution in [3.05, 3.63) is 29.1 Å². The molecule has 2 heteroatoms. The summed E-state index contributed by atoms with van der Waals surface area (Å²) < 4.78 is 0. The van der Waals surface area contributed by atoms with Gasteiger partial charge in [-0.2, -0.15) is 0 Å². The van der Waals surface area contributed by atoms with Crippen LogP contribution in [0, 0.1) is 0 Å². The van der Waals surface area contributed by atoms with E-state index in [0.29, 0.717) is 0 Å². The van der Waals surface area contributed by atoms with E-state index in [2.05, 4.69) is 53.7 Å². The zero-order valence-corrected chi connectivity index (χ0v) is 13.6. The molecular weight excluding hydrogens is 234 g/mol. The van der Waals surface area contributed by atoms with Crippen molar-refractivity contribution >= 4 is 6.29 Å². The molecule has 0 aliphatic heterocycles. The molecule has 2 nitrogen and oxygen atoms in total. The van der Waals surface area contributed by atoms with Crippen molar-refractivity contribution in [3.8, 4) is 0 Å². The Morgan fingerprint density at radius 3 is 1.47 bits per heavy atom. The lowest BCUT2D eigenvalue weighted by atomic mass is 9.80. The van der Waals surface area contributed by atoms with Crippen LogP contribution in [0.4, 0.5) is 0 Å². The summed E-state index contributed by atoms with van der Waals surface area (Å²) in [5.41, 5.74) is 2.63. The molecule has 1 aromatic rings. The number of hydrogen-bond acceptors (Lipinski definition) is 2. The Balaban J connectivity index is 3.55. The van der Waals surface area contributed by atoms with Gasteiger partial charge in [-0.15, -0.1) is 0 Å². The summed E-state index contributed by atoms with van der Waals surface area (Å²) >= 11 is 0. The van der Waals surface area contributed by atoms with Gasteiger partial charge in [0.1, 0.15) is 6.29 Å². The first-order valence-corrected chi connectivity index (χ1v) is 6.88. The number of rotatable bonds is 2. The number of hydrogen-bond donors (Lipinski definition) is 0. The average molecular weight is 261 g/mol. The van der Waals surface area contributed by atoms with Gasteiger partial charge in [0, 0.05) is 27.6 Å². The second-order valence-electron chi connectivity index (χ2n) is 7.97. The largest absolute Gasteiger partial charge is 0.302 e. The fourth-order valence-electron chi connectivity index (χ4n) is 1.74. The first-order valence-electron chi connectivity index (χ1n) is 6.88. The summed E-state index contributed by atoms with van der Waals surface area (Å²) in [5, 5.41) is 0. The first kappa shape index (κ1) is 15.9. The van der Waals surface area contributed by atoms with Crippen LogP contribution in [0.25, 0.3) is 0 Å². The van der Waals surface area contributed by atoms with Crippen LogP contribution >= 0.6 is 0 Å². The normalized spacial score (nSPS) is 13.5. The van der Waals surface area contributed by atoms with Gasteiger partial charge in [0.15, 0.2) is 0 Å². The van der Waals surface area contributed by atoms with Gasteiger partial charge < -0.3 is 4.79 Å². The number of pyridine rings is 1. The molecule has 1 aromatic heterocycles. The molecule has 0 N–H and O–H groups in total. The standard InChI is InChI=1S/C17H27NO/c1-15(2,3)13-9-12(17(7,8)11-19)10-14(18-13)16(4,5)6/h9-11H,1-8H3. The third kappa shape index (κ3) is 3.65. The fourth-order valence-corrected chi connectivity index (χ4v) is 1.74. The molecule has 0 atom stereocenters. The van der Waals surface area contributed by atoms with E-state index in [9.17, 15) is 4.79 Å². The molecule has 0 bridgehead atoms. The summed E-state index contributed by atoms with van der Waals surface area (Å²) in [4.78, 5) is 16.1. The molecule has 0 aliphatic rings. The Morgan fingerprint density at radius 1 is 0.842 bits per heavy atom. The van der Waals surface area contributed by atoms with Crippen LogP contribution in [0.5, 0.6) is 0 Å². The molecule has 0 saturated carbocycles. The van der Waals surface area contributed by atoms with Gasteiger partial charge in [-0.1, -0.05) is 41.5 Å². The molecule has 106 valence electrons. The van der Waals surface area contributed by atoms with Crippen LogP contribution in [-0.2, 0) is 21.0 Å². The molecule has 1 heterocycles. The lowest BCUT2D eigenvalue weighted by Gasteiger charge is -2.27. The van der Waals surface area contributed by atoms with E-state index in [1.165, 1.54) is 0 Å². The molecule has 0 saturated heterocycles. The summed E-state index contributed by atoms with van der Waals surface area (Å²) in [6.07, 6.45) is 1.02. The van der Waals surface area contributed by atoms with Crippen molar-refractivity contribution in [1.29, 1.82) is 0 Å². The van der Waals surface area contributed by atoms with Gasteiger partial charge in [0.2, 0.25) is 0 Å². The second-order valence-corrected chi connectivity index (χ2v) is 7.97. The molecule has 19 heavy (non-hydrogen) atoms. The van der Waals surface area contributed by atoms with E-state index in [1.807, 2.05) is 13.8 Å². The average Bonchev–Trinajstić information content (AvgIpc) is 2.26. The van der Waals surface area contributed by atoms with Gasteiger partial charge in [-0.3, -0.25) is 4.98 Å². The van der Waals surface area contributed by atoms with Gasteiger partial charge in [0.05, 0.1) is 0 Å². The summed E-state index contributed by atoms with van der Waals surface area (Å²) in [6.45, 7) is 16.8. The van der Waals surface area contributed by atoms with Crippen molar-refractivity contribution in [1.82, 2.24) is 4.98 Å². The van der Waals surface area contributed by atoms with Gasteiger partial charge in [-0.25, -0.2) is 0 Å². The van der Waals surface area contributed by atoms with Crippen molar-refractivity contribution in [2.75, 3.05) is 0 Å². The predicted octanol–water partition coefficient (Wildman–Crippen LogP) is 4.15. The highest BCUT2D eigenvalue weighted by molar-refractivity contribution is 5.67. The summed E-state index contributed by atoms with van der Waals surface area (Å²) in [7, 11) is 0. The number of aromatic nitrogens is 1. The molecular formula is C17H27NO. The van der Waals surface area contributed by atoms with Crippen LogP contribution in [-0.4, -0.2) is 11.3 Å². The fraction of sp³-hybridized carbons (Fsp3) is 0.647. The Hall–Kier alpha value is -1.18. The summed E-state index contributed by atoms with van der Waals surface area (Å²) in [5.74, 6) is 0. The maximum atomic E-state index is 11.3. The third-order valence-corrected chi connectivity index (χ3v) is 3.40. The lowest BCUT2D eigenvalue weighted by Crippen LogP contribution is -2.25. The maximum Gasteiger partial charge on any atom is 0.129 e. The number of carbonyl (C=O) groups excluding carboxylic acids is 1. The van der Waals surface area contributed by atoms with Crippen LogP contribution in [0.2, 0.25) is 0 Å². The first-order chi connectivity index (χ1) is 8.38. The molecule has 0 radical (unpaired) electrons. The molecule has 0 aliphatic carbocycles. The van der Waals surface area contributed by atoms with E-state index < -0.39 is 5.41 Å². The molecule has 0 spiro atoms. The zero-order chi connectivity index (χ0) is 15.1. The van der Waals surface area contributed by atoms with Crippen LogP contribution in [0.1, 0.15) is 72.3 Å². The van der Waals surface area contributed by atoms with Gasteiger partial charge in [-0.05, 0) is 31.5 Å². The van der Waals surface area contributed by atoms with Gasteiger partial charge in [0.25, 0.3) is 0 Å². The van der Waals surface area contributed by atoms with E-state index in [0.717, 1.165) is 23.2 Å².